The Morgan fingerprint density at radius 2 is 2.06 bits per heavy atom. The van der Waals surface area contributed by atoms with Gasteiger partial charge in [0.15, 0.2) is 0 Å². The van der Waals surface area contributed by atoms with Crippen molar-refractivity contribution >= 4 is 5.78 Å². The Balaban J connectivity index is 2.80. The van der Waals surface area contributed by atoms with Crippen molar-refractivity contribution < 1.29 is 4.79 Å². The number of hydrogen-bond acceptors (Lipinski definition) is 1. The fraction of sp³-hybridized carbons (Fsp3) is 0.800. The first-order chi connectivity index (χ1) is 7.36. The van der Waals surface area contributed by atoms with E-state index in [0.29, 0.717) is 29.5 Å². The van der Waals surface area contributed by atoms with E-state index in [2.05, 4.69) is 27.4 Å². The van der Waals surface area contributed by atoms with Gasteiger partial charge in [-0.05, 0) is 36.5 Å². The van der Waals surface area contributed by atoms with Crippen LogP contribution in [-0.2, 0) is 4.79 Å². The van der Waals surface area contributed by atoms with Crippen LogP contribution in [0, 0.1) is 17.3 Å². The number of carbonyl (C=O) groups is 1. The maximum Gasteiger partial charge on any atom is 0.133 e. The SMILES string of the molecule is C=C1CCC[C@@H](C(C)(C)C)[C@@H]1CC(=O)CC. The van der Waals surface area contributed by atoms with Crippen LogP contribution < -0.4 is 0 Å². The quantitative estimate of drug-likeness (QED) is 0.648. The third kappa shape index (κ3) is 3.20. The van der Waals surface area contributed by atoms with Gasteiger partial charge in [0.05, 0.1) is 0 Å². The van der Waals surface area contributed by atoms with Gasteiger partial charge in [-0.25, -0.2) is 0 Å². The van der Waals surface area contributed by atoms with Crippen LogP contribution >= 0.6 is 0 Å². The van der Waals surface area contributed by atoms with E-state index in [1.807, 2.05) is 6.92 Å². The van der Waals surface area contributed by atoms with E-state index >= 15 is 0 Å². The maximum absolute atomic E-state index is 11.7. The van der Waals surface area contributed by atoms with Crippen molar-refractivity contribution in [3.05, 3.63) is 12.2 Å². The van der Waals surface area contributed by atoms with Crippen LogP contribution in [0.3, 0.4) is 0 Å². The lowest BCUT2D eigenvalue weighted by Crippen LogP contribution is -2.33. The third-order valence-electron chi connectivity index (χ3n) is 3.98. The van der Waals surface area contributed by atoms with Crippen molar-refractivity contribution in [2.75, 3.05) is 0 Å². The molecule has 1 fully saturated rings. The predicted molar refractivity (Wildman–Crippen MR) is 69.3 cm³/mol. The van der Waals surface area contributed by atoms with Crippen LogP contribution in [0.15, 0.2) is 12.2 Å². The largest absolute Gasteiger partial charge is 0.300 e. The van der Waals surface area contributed by atoms with Crippen molar-refractivity contribution in [1.82, 2.24) is 0 Å². The molecule has 92 valence electrons. The van der Waals surface area contributed by atoms with Gasteiger partial charge in [0, 0.05) is 12.8 Å². The molecule has 0 aromatic heterocycles. The highest BCUT2D eigenvalue weighted by atomic mass is 16.1. The number of allylic oxidation sites excluding steroid dienone is 1. The van der Waals surface area contributed by atoms with E-state index < -0.39 is 0 Å². The minimum atomic E-state index is 0.294. The van der Waals surface area contributed by atoms with Crippen LogP contribution in [0.4, 0.5) is 0 Å². The summed E-state index contributed by atoms with van der Waals surface area (Å²) in [6.45, 7) is 13.0. The summed E-state index contributed by atoms with van der Waals surface area (Å²) in [6.07, 6.45) is 5.01. The highest BCUT2D eigenvalue weighted by Gasteiger charge is 2.36. The highest BCUT2D eigenvalue weighted by Crippen LogP contribution is 2.45. The molecule has 1 aliphatic rings. The Morgan fingerprint density at radius 1 is 1.44 bits per heavy atom. The standard InChI is InChI=1S/C15H26O/c1-6-12(16)10-13-11(2)8-7-9-14(13)15(3,4)5/h13-14H,2,6-10H2,1,3-5H3/t13-,14-/m1/s1. The number of Topliss-reactive ketones (excluding diaryl/α,β-unsaturated/α-hetero) is 1. The van der Waals surface area contributed by atoms with Gasteiger partial charge < -0.3 is 0 Å². The molecule has 0 unspecified atom stereocenters. The van der Waals surface area contributed by atoms with E-state index in [9.17, 15) is 4.79 Å². The summed E-state index contributed by atoms with van der Waals surface area (Å²) in [6, 6.07) is 0. The Labute approximate surface area is 100 Å². The second kappa shape index (κ2) is 5.16. The summed E-state index contributed by atoms with van der Waals surface area (Å²) in [7, 11) is 0. The molecule has 0 heterocycles. The summed E-state index contributed by atoms with van der Waals surface area (Å²) < 4.78 is 0. The normalized spacial score (nSPS) is 26.9. The molecule has 2 atom stereocenters. The van der Waals surface area contributed by atoms with Crippen LogP contribution in [0.1, 0.15) is 59.8 Å². The lowest BCUT2D eigenvalue weighted by molar-refractivity contribution is -0.120. The Bertz CT molecular complexity index is 270. The zero-order valence-corrected chi connectivity index (χ0v) is 11.3. The number of hydrogen-bond donors (Lipinski definition) is 0. The molecular weight excluding hydrogens is 196 g/mol. The molecule has 1 heteroatoms. The van der Waals surface area contributed by atoms with Crippen LogP contribution in [-0.4, -0.2) is 5.78 Å². The van der Waals surface area contributed by atoms with Crippen molar-refractivity contribution in [2.24, 2.45) is 17.3 Å². The number of ketones is 1. The first kappa shape index (κ1) is 13.5. The summed E-state index contributed by atoms with van der Waals surface area (Å²) in [5, 5.41) is 0. The Kier molecular flexibility index (Phi) is 4.35. The molecule has 0 aromatic rings. The van der Waals surface area contributed by atoms with E-state index in [4.69, 9.17) is 0 Å². The first-order valence-electron chi connectivity index (χ1n) is 6.55. The molecule has 0 bridgehead atoms. The van der Waals surface area contributed by atoms with E-state index in [0.717, 1.165) is 12.8 Å². The Morgan fingerprint density at radius 3 is 2.56 bits per heavy atom. The number of carbonyl (C=O) groups excluding carboxylic acids is 1. The first-order valence-corrected chi connectivity index (χ1v) is 6.55. The van der Waals surface area contributed by atoms with Gasteiger partial charge in [0.1, 0.15) is 5.78 Å². The molecule has 0 amide bonds. The summed E-state index contributed by atoms with van der Waals surface area (Å²) in [5.41, 5.74) is 1.61. The fourth-order valence-electron chi connectivity index (χ4n) is 2.93. The summed E-state index contributed by atoms with van der Waals surface area (Å²) in [5.74, 6) is 1.45. The van der Waals surface area contributed by atoms with Gasteiger partial charge in [-0.2, -0.15) is 0 Å². The Hall–Kier alpha value is -0.590. The molecule has 0 spiro atoms. The molecular formula is C15H26O. The predicted octanol–water partition coefficient (Wildman–Crippen LogP) is 4.37. The lowest BCUT2D eigenvalue weighted by atomic mass is 9.63. The van der Waals surface area contributed by atoms with Crippen LogP contribution in [0.5, 0.6) is 0 Å². The van der Waals surface area contributed by atoms with Gasteiger partial charge in [-0.3, -0.25) is 4.79 Å². The second-order valence-corrected chi connectivity index (χ2v) is 6.23. The average molecular weight is 222 g/mol. The molecule has 0 saturated heterocycles. The fourth-order valence-corrected chi connectivity index (χ4v) is 2.93. The third-order valence-corrected chi connectivity index (χ3v) is 3.98. The van der Waals surface area contributed by atoms with Crippen molar-refractivity contribution in [2.45, 2.75) is 59.8 Å². The van der Waals surface area contributed by atoms with Gasteiger partial charge >= 0.3 is 0 Å². The lowest BCUT2D eigenvalue weighted by Gasteiger charge is -2.41. The number of rotatable bonds is 3. The van der Waals surface area contributed by atoms with Crippen molar-refractivity contribution in [3.63, 3.8) is 0 Å². The minimum absolute atomic E-state index is 0.294. The molecule has 0 aliphatic heterocycles. The molecule has 1 saturated carbocycles. The van der Waals surface area contributed by atoms with Gasteiger partial charge in [-0.15, -0.1) is 0 Å². The molecule has 0 radical (unpaired) electrons. The van der Waals surface area contributed by atoms with Crippen molar-refractivity contribution in [1.29, 1.82) is 0 Å². The molecule has 1 rings (SSSR count). The second-order valence-electron chi connectivity index (χ2n) is 6.23. The van der Waals surface area contributed by atoms with E-state index in [1.54, 1.807) is 0 Å². The van der Waals surface area contributed by atoms with E-state index in [1.165, 1.54) is 18.4 Å². The van der Waals surface area contributed by atoms with E-state index in [-0.39, 0.29) is 0 Å². The van der Waals surface area contributed by atoms with Crippen LogP contribution in [0.25, 0.3) is 0 Å². The van der Waals surface area contributed by atoms with Crippen molar-refractivity contribution in [3.8, 4) is 0 Å². The molecule has 1 nitrogen and oxygen atoms in total. The maximum atomic E-state index is 11.7. The topological polar surface area (TPSA) is 17.1 Å². The molecule has 1 aliphatic carbocycles. The summed E-state index contributed by atoms with van der Waals surface area (Å²) in [4.78, 5) is 11.7. The van der Waals surface area contributed by atoms with Gasteiger partial charge in [0.2, 0.25) is 0 Å². The zero-order chi connectivity index (χ0) is 12.3. The van der Waals surface area contributed by atoms with Crippen LogP contribution in [0.2, 0.25) is 0 Å². The average Bonchev–Trinajstić information content (AvgIpc) is 2.19. The van der Waals surface area contributed by atoms with Gasteiger partial charge in [-0.1, -0.05) is 39.8 Å². The molecule has 0 aromatic carbocycles. The highest BCUT2D eigenvalue weighted by molar-refractivity contribution is 5.78. The molecule has 0 N–H and O–H groups in total. The summed E-state index contributed by atoms with van der Waals surface area (Å²) >= 11 is 0. The monoisotopic (exact) mass is 222 g/mol. The minimum Gasteiger partial charge on any atom is -0.300 e. The zero-order valence-electron chi connectivity index (χ0n) is 11.3. The molecule has 16 heavy (non-hydrogen) atoms. The smallest absolute Gasteiger partial charge is 0.133 e. The van der Waals surface area contributed by atoms with Gasteiger partial charge in [0.25, 0.3) is 0 Å².